The molecule has 0 unspecified atom stereocenters. The molecule has 0 atom stereocenters. The summed E-state index contributed by atoms with van der Waals surface area (Å²) in [7, 11) is 3.53. The molecule has 0 aromatic heterocycles. The van der Waals surface area contributed by atoms with Crippen LogP contribution in [0.3, 0.4) is 0 Å². The molecule has 1 fully saturated rings. The van der Waals surface area contributed by atoms with Crippen LogP contribution >= 0.6 is 0 Å². The highest BCUT2D eigenvalue weighted by atomic mass is 16.5. The Morgan fingerprint density at radius 1 is 1.50 bits per heavy atom. The van der Waals surface area contributed by atoms with Gasteiger partial charge in [0.15, 0.2) is 0 Å². The predicted molar refractivity (Wildman–Crippen MR) is 60.2 cm³/mol. The smallest absolute Gasteiger partial charge is 0.319 e. The third-order valence-electron chi connectivity index (χ3n) is 3.18. The van der Waals surface area contributed by atoms with Crippen LogP contribution in [0.4, 0.5) is 4.79 Å². The van der Waals surface area contributed by atoms with Gasteiger partial charge in [0, 0.05) is 27.2 Å². The largest absolute Gasteiger partial charge is 0.463 e. The monoisotopic (exact) mass is 226 g/mol. The predicted octanol–water partition coefficient (Wildman–Crippen LogP) is -0.152. The first-order valence-electron chi connectivity index (χ1n) is 5.47. The third-order valence-corrected chi connectivity index (χ3v) is 3.18. The number of nitrogens with zero attached hydrogens (tertiary/aromatic N) is 3. The van der Waals surface area contributed by atoms with E-state index in [-0.39, 0.29) is 17.6 Å². The molecule has 1 spiro atoms. The van der Waals surface area contributed by atoms with Crippen molar-refractivity contribution in [2.45, 2.75) is 18.4 Å². The number of amides is 2. The Morgan fingerprint density at radius 3 is 2.56 bits per heavy atom. The van der Waals surface area contributed by atoms with Gasteiger partial charge in [0.25, 0.3) is 6.02 Å². The van der Waals surface area contributed by atoms with Gasteiger partial charge in [-0.25, -0.2) is 9.79 Å². The van der Waals surface area contributed by atoms with E-state index >= 15 is 0 Å². The van der Waals surface area contributed by atoms with Crippen LogP contribution in [0, 0.1) is 0 Å². The molecule has 2 rings (SSSR count). The fourth-order valence-corrected chi connectivity index (χ4v) is 2.16. The third kappa shape index (κ3) is 1.91. The van der Waals surface area contributed by atoms with Crippen molar-refractivity contribution in [3.63, 3.8) is 0 Å². The fraction of sp³-hybridized carbons (Fsp3) is 0.800. The normalized spacial score (nSPS) is 22.9. The molecule has 1 saturated heterocycles. The number of piperidine rings is 1. The fourth-order valence-electron chi connectivity index (χ4n) is 2.16. The lowest BCUT2D eigenvalue weighted by atomic mass is 9.89. The number of aliphatic imine (C=N–C) groups is 1. The maximum Gasteiger partial charge on any atom is 0.319 e. The number of rotatable bonds is 0. The van der Waals surface area contributed by atoms with E-state index in [1.165, 1.54) is 0 Å². The number of urea groups is 1. The first kappa shape index (κ1) is 11.0. The molecule has 0 aromatic carbocycles. The molecular formula is C10H18N4O2. The Kier molecular flexibility index (Phi) is 2.65. The van der Waals surface area contributed by atoms with E-state index in [1.54, 1.807) is 19.0 Å². The lowest BCUT2D eigenvalue weighted by Gasteiger charge is -2.36. The van der Waals surface area contributed by atoms with Gasteiger partial charge in [-0.1, -0.05) is 0 Å². The summed E-state index contributed by atoms with van der Waals surface area (Å²) in [5, 5.41) is 0. The molecule has 2 heterocycles. The standard InChI is InChI=1S/C10H18N4O2/c1-13(2)9(15)14-5-3-10(4-6-14)7-16-8(11)12-10/h3-7H2,1-2H3,(H2,11,12). The van der Waals surface area contributed by atoms with Crippen LogP contribution in [0.15, 0.2) is 4.99 Å². The second kappa shape index (κ2) is 3.84. The van der Waals surface area contributed by atoms with Crippen molar-refractivity contribution in [3.05, 3.63) is 0 Å². The number of amidine groups is 1. The van der Waals surface area contributed by atoms with Gasteiger partial charge in [-0.15, -0.1) is 0 Å². The van der Waals surface area contributed by atoms with Gasteiger partial charge < -0.3 is 20.3 Å². The topological polar surface area (TPSA) is 71.2 Å². The number of hydrogen-bond acceptors (Lipinski definition) is 4. The quantitative estimate of drug-likeness (QED) is 0.624. The molecule has 2 aliphatic heterocycles. The Hall–Kier alpha value is -1.46. The van der Waals surface area contributed by atoms with E-state index in [2.05, 4.69) is 4.99 Å². The van der Waals surface area contributed by atoms with Crippen LogP contribution in [-0.4, -0.2) is 61.2 Å². The number of nitrogens with two attached hydrogens (primary N) is 1. The summed E-state index contributed by atoms with van der Waals surface area (Å²) in [6.07, 6.45) is 1.65. The highest BCUT2D eigenvalue weighted by Gasteiger charge is 2.40. The van der Waals surface area contributed by atoms with Gasteiger partial charge in [0.05, 0.1) is 0 Å². The summed E-state index contributed by atoms with van der Waals surface area (Å²) < 4.78 is 5.20. The molecule has 90 valence electrons. The minimum Gasteiger partial charge on any atom is -0.463 e. The Balaban J connectivity index is 1.95. The Bertz CT molecular complexity index is 319. The average Bonchev–Trinajstić information content (AvgIpc) is 2.60. The number of hydrogen-bond donors (Lipinski definition) is 1. The summed E-state index contributed by atoms with van der Waals surface area (Å²) in [6.45, 7) is 2.00. The molecule has 2 amide bonds. The van der Waals surface area contributed by atoms with Gasteiger partial charge in [-0.05, 0) is 12.8 Å². The summed E-state index contributed by atoms with van der Waals surface area (Å²) in [4.78, 5) is 19.5. The van der Waals surface area contributed by atoms with Crippen molar-refractivity contribution < 1.29 is 9.53 Å². The molecule has 0 radical (unpaired) electrons. The van der Waals surface area contributed by atoms with E-state index in [9.17, 15) is 4.79 Å². The molecular weight excluding hydrogens is 208 g/mol. The zero-order valence-corrected chi connectivity index (χ0v) is 9.77. The van der Waals surface area contributed by atoms with Crippen molar-refractivity contribution in [1.82, 2.24) is 9.80 Å². The molecule has 0 bridgehead atoms. The highest BCUT2D eigenvalue weighted by molar-refractivity contribution is 5.75. The SMILES string of the molecule is CN(C)C(=O)N1CCC2(CC1)COC(N)=N2. The number of likely N-dealkylation sites (tertiary alicyclic amines) is 1. The molecule has 16 heavy (non-hydrogen) atoms. The van der Waals surface area contributed by atoms with Crippen molar-refractivity contribution in [2.24, 2.45) is 10.7 Å². The minimum atomic E-state index is -0.173. The summed E-state index contributed by atoms with van der Waals surface area (Å²) in [5.74, 6) is 0. The molecule has 2 N–H and O–H groups in total. The Morgan fingerprint density at radius 2 is 2.12 bits per heavy atom. The molecule has 6 nitrogen and oxygen atoms in total. The maximum absolute atomic E-state index is 11.7. The van der Waals surface area contributed by atoms with Crippen LogP contribution < -0.4 is 5.73 Å². The van der Waals surface area contributed by atoms with E-state index in [0.717, 1.165) is 25.9 Å². The minimum absolute atomic E-state index is 0.0608. The number of carbonyl (C=O) groups is 1. The molecule has 6 heteroatoms. The maximum atomic E-state index is 11.7. The highest BCUT2D eigenvalue weighted by Crippen LogP contribution is 2.30. The lowest BCUT2D eigenvalue weighted by molar-refractivity contribution is 0.125. The Labute approximate surface area is 95.0 Å². The molecule has 0 aliphatic carbocycles. The molecule has 0 saturated carbocycles. The second-order valence-corrected chi connectivity index (χ2v) is 4.63. The average molecular weight is 226 g/mol. The van der Waals surface area contributed by atoms with E-state index < -0.39 is 0 Å². The first-order chi connectivity index (χ1) is 7.52. The van der Waals surface area contributed by atoms with Gasteiger partial charge in [0.1, 0.15) is 12.1 Å². The van der Waals surface area contributed by atoms with Crippen LogP contribution in [0.2, 0.25) is 0 Å². The van der Waals surface area contributed by atoms with Gasteiger partial charge in [-0.3, -0.25) is 0 Å². The first-order valence-corrected chi connectivity index (χ1v) is 5.47. The van der Waals surface area contributed by atoms with Crippen molar-refractivity contribution in [3.8, 4) is 0 Å². The zero-order valence-electron chi connectivity index (χ0n) is 9.77. The van der Waals surface area contributed by atoms with Gasteiger partial charge in [0.2, 0.25) is 0 Å². The van der Waals surface area contributed by atoms with Crippen molar-refractivity contribution >= 4 is 12.1 Å². The van der Waals surface area contributed by atoms with Crippen molar-refractivity contribution in [1.29, 1.82) is 0 Å². The lowest BCUT2D eigenvalue weighted by Crippen LogP contribution is -2.49. The summed E-state index contributed by atoms with van der Waals surface area (Å²) in [6, 6.07) is 0.345. The van der Waals surface area contributed by atoms with Gasteiger partial charge >= 0.3 is 6.03 Å². The van der Waals surface area contributed by atoms with E-state index in [0.29, 0.717) is 6.61 Å². The number of ether oxygens (including phenoxy) is 1. The zero-order chi connectivity index (χ0) is 11.8. The second-order valence-electron chi connectivity index (χ2n) is 4.63. The van der Waals surface area contributed by atoms with Gasteiger partial charge in [-0.2, -0.15) is 0 Å². The van der Waals surface area contributed by atoms with E-state index in [4.69, 9.17) is 10.5 Å². The number of carbonyl (C=O) groups excluding carboxylic acids is 1. The van der Waals surface area contributed by atoms with Crippen LogP contribution in [0.1, 0.15) is 12.8 Å². The summed E-state index contributed by atoms with van der Waals surface area (Å²) >= 11 is 0. The van der Waals surface area contributed by atoms with Crippen LogP contribution in [-0.2, 0) is 4.74 Å². The van der Waals surface area contributed by atoms with Crippen LogP contribution in [0.5, 0.6) is 0 Å². The van der Waals surface area contributed by atoms with Crippen LogP contribution in [0.25, 0.3) is 0 Å². The summed E-state index contributed by atoms with van der Waals surface area (Å²) in [5.41, 5.74) is 5.35. The molecule has 2 aliphatic rings. The van der Waals surface area contributed by atoms with Crippen molar-refractivity contribution in [2.75, 3.05) is 33.8 Å². The van der Waals surface area contributed by atoms with E-state index in [1.807, 2.05) is 4.90 Å². The molecule has 0 aromatic rings.